The maximum absolute atomic E-state index is 5.50. The van der Waals surface area contributed by atoms with Crippen LogP contribution in [0.1, 0.15) is 11.5 Å². The van der Waals surface area contributed by atoms with Crippen molar-refractivity contribution in [2.75, 3.05) is 20.3 Å². The summed E-state index contributed by atoms with van der Waals surface area (Å²) >= 11 is -1.83. The summed E-state index contributed by atoms with van der Waals surface area (Å²) in [6.45, 7) is 1.44. The molecule has 1 saturated heterocycles. The first kappa shape index (κ1) is 10.2. The molecule has 0 unspecified atom stereocenters. The SMILES string of the molecule is CO[As]1OCC(c2ccccc2)CO1. The second kappa shape index (κ2) is 4.94. The van der Waals surface area contributed by atoms with Crippen LogP contribution in [0.15, 0.2) is 30.3 Å². The number of hydrogen-bond acceptors (Lipinski definition) is 3. The predicted molar refractivity (Wildman–Crippen MR) is 53.9 cm³/mol. The van der Waals surface area contributed by atoms with Crippen LogP contribution >= 0.6 is 0 Å². The van der Waals surface area contributed by atoms with Gasteiger partial charge in [0.05, 0.1) is 0 Å². The summed E-state index contributed by atoms with van der Waals surface area (Å²) in [5.41, 5.74) is 1.28. The fraction of sp³-hybridized carbons (Fsp3) is 0.400. The molecule has 1 aliphatic rings. The molecule has 76 valence electrons. The van der Waals surface area contributed by atoms with Gasteiger partial charge in [0.15, 0.2) is 0 Å². The van der Waals surface area contributed by atoms with Crippen molar-refractivity contribution >= 4 is 15.7 Å². The Morgan fingerprint density at radius 3 is 2.43 bits per heavy atom. The van der Waals surface area contributed by atoms with E-state index in [4.69, 9.17) is 11.2 Å². The molecule has 0 aliphatic carbocycles. The third-order valence-electron chi connectivity index (χ3n) is 2.18. The molecule has 0 N–H and O–H groups in total. The van der Waals surface area contributed by atoms with E-state index in [2.05, 4.69) is 12.1 Å². The first-order valence-corrected chi connectivity index (χ1v) is 6.85. The van der Waals surface area contributed by atoms with Gasteiger partial charge in [-0.3, -0.25) is 0 Å². The molecule has 1 aromatic rings. The Balaban J connectivity index is 1.96. The number of benzene rings is 1. The van der Waals surface area contributed by atoms with E-state index in [1.165, 1.54) is 5.56 Å². The van der Waals surface area contributed by atoms with Crippen molar-refractivity contribution in [3.05, 3.63) is 35.9 Å². The Morgan fingerprint density at radius 2 is 1.86 bits per heavy atom. The van der Waals surface area contributed by atoms with Crippen LogP contribution < -0.4 is 0 Å². The van der Waals surface area contributed by atoms with Crippen LogP contribution in [0.5, 0.6) is 0 Å². The van der Waals surface area contributed by atoms with Gasteiger partial charge in [-0.2, -0.15) is 0 Å². The summed E-state index contributed by atoms with van der Waals surface area (Å²) < 4.78 is 16.1. The van der Waals surface area contributed by atoms with Gasteiger partial charge in [0.25, 0.3) is 0 Å². The first-order chi connectivity index (χ1) is 6.90. The quantitative estimate of drug-likeness (QED) is 0.749. The summed E-state index contributed by atoms with van der Waals surface area (Å²) in [4.78, 5) is 0. The Hall–Kier alpha value is -0.342. The van der Waals surface area contributed by atoms with Crippen molar-refractivity contribution < 1.29 is 11.2 Å². The van der Waals surface area contributed by atoms with Gasteiger partial charge in [-0.05, 0) is 0 Å². The van der Waals surface area contributed by atoms with E-state index in [1.807, 2.05) is 18.2 Å². The van der Waals surface area contributed by atoms with E-state index in [-0.39, 0.29) is 0 Å². The summed E-state index contributed by atoms with van der Waals surface area (Å²) in [5, 5.41) is 0. The van der Waals surface area contributed by atoms with Crippen molar-refractivity contribution in [2.24, 2.45) is 0 Å². The zero-order valence-electron chi connectivity index (χ0n) is 8.05. The monoisotopic (exact) mass is 256 g/mol. The van der Waals surface area contributed by atoms with Crippen molar-refractivity contribution in [1.29, 1.82) is 0 Å². The van der Waals surface area contributed by atoms with Crippen LogP contribution in [-0.4, -0.2) is 36.0 Å². The van der Waals surface area contributed by atoms with Crippen LogP contribution in [0.25, 0.3) is 0 Å². The molecule has 0 aromatic heterocycles. The third-order valence-corrected chi connectivity index (χ3v) is 4.32. The molecule has 3 nitrogen and oxygen atoms in total. The molecule has 1 aliphatic heterocycles. The van der Waals surface area contributed by atoms with Crippen molar-refractivity contribution in [2.45, 2.75) is 5.92 Å². The van der Waals surface area contributed by atoms with Gasteiger partial charge in [-0.25, -0.2) is 0 Å². The van der Waals surface area contributed by atoms with Gasteiger partial charge in [0.2, 0.25) is 0 Å². The Morgan fingerprint density at radius 1 is 1.21 bits per heavy atom. The van der Waals surface area contributed by atoms with Gasteiger partial charge < -0.3 is 0 Å². The van der Waals surface area contributed by atoms with Gasteiger partial charge in [-0.15, -0.1) is 0 Å². The first-order valence-electron chi connectivity index (χ1n) is 4.55. The second-order valence-electron chi connectivity index (χ2n) is 3.11. The summed E-state index contributed by atoms with van der Waals surface area (Å²) in [6.07, 6.45) is 0. The van der Waals surface area contributed by atoms with Crippen LogP contribution in [-0.2, 0) is 11.2 Å². The van der Waals surface area contributed by atoms with Gasteiger partial charge in [-0.1, -0.05) is 0 Å². The second-order valence-corrected chi connectivity index (χ2v) is 5.89. The molecule has 0 spiro atoms. The van der Waals surface area contributed by atoms with Crippen LogP contribution in [0.4, 0.5) is 0 Å². The molecule has 4 heteroatoms. The summed E-state index contributed by atoms with van der Waals surface area (Å²) in [7, 11) is 1.64. The molecular weight excluding hydrogens is 243 g/mol. The fourth-order valence-corrected chi connectivity index (χ4v) is 3.27. The third kappa shape index (κ3) is 2.37. The molecule has 0 amide bonds. The molecule has 1 aromatic carbocycles. The maximum atomic E-state index is 5.50. The van der Waals surface area contributed by atoms with E-state index < -0.39 is 15.7 Å². The van der Waals surface area contributed by atoms with Crippen LogP contribution in [0, 0.1) is 0 Å². The minimum absolute atomic E-state index is 0.358. The van der Waals surface area contributed by atoms with E-state index in [0.717, 1.165) is 13.2 Å². The molecule has 0 radical (unpaired) electrons. The van der Waals surface area contributed by atoms with Crippen molar-refractivity contribution in [3.63, 3.8) is 0 Å². The average Bonchev–Trinajstić information content (AvgIpc) is 2.30. The molecule has 2 rings (SSSR count). The zero-order valence-corrected chi connectivity index (χ0v) is 9.93. The summed E-state index contributed by atoms with van der Waals surface area (Å²) in [6, 6.07) is 10.3. The molecule has 1 heterocycles. The summed E-state index contributed by atoms with van der Waals surface area (Å²) in [5.74, 6) is 0.358. The van der Waals surface area contributed by atoms with E-state index in [9.17, 15) is 0 Å². The Kier molecular flexibility index (Phi) is 3.60. The van der Waals surface area contributed by atoms with Crippen LogP contribution in [0.2, 0.25) is 0 Å². The Labute approximate surface area is 89.3 Å². The minimum atomic E-state index is -1.83. The topological polar surface area (TPSA) is 27.7 Å². The average molecular weight is 256 g/mol. The van der Waals surface area contributed by atoms with E-state index >= 15 is 0 Å². The normalized spacial score (nSPS) is 27.5. The molecular formula is C10H13AsO3. The molecule has 14 heavy (non-hydrogen) atoms. The number of rotatable bonds is 2. The van der Waals surface area contributed by atoms with Gasteiger partial charge in [0.1, 0.15) is 0 Å². The van der Waals surface area contributed by atoms with E-state index in [1.54, 1.807) is 7.11 Å². The molecule has 0 atom stereocenters. The standard InChI is InChI=1S/C10H13AsO3/c1-12-11-13-7-10(8-14-11)9-5-3-2-4-6-9/h2-6,10H,7-8H2,1H3. The predicted octanol–water partition coefficient (Wildman–Crippen LogP) is 1.45. The van der Waals surface area contributed by atoms with Gasteiger partial charge in [0, 0.05) is 0 Å². The number of hydrogen-bond donors (Lipinski definition) is 0. The van der Waals surface area contributed by atoms with E-state index in [0.29, 0.717) is 5.92 Å². The zero-order chi connectivity index (χ0) is 9.80. The Bertz CT molecular complexity index is 270. The fourth-order valence-electron chi connectivity index (χ4n) is 1.41. The molecule has 1 fully saturated rings. The van der Waals surface area contributed by atoms with Crippen molar-refractivity contribution in [3.8, 4) is 0 Å². The molecule has 0 saturated carbocycles. The van der Waals surface area contributed by atoms with Crippen molar-refractivity contribution in [1.82, 2.24) is 0 Å². The van der Waals surface area contributed by atoms with Crippen LogP contribution in [0.3, 0.4) is 0 Å². The molecule has 0 bridgehead atoms. The van der Waals surface area contributed by atoms with Gasteiger partial charge >= 0.3 is 89.0 Å².